The summed E-state index contributed by atoms with van der Waals surface area (Å²) in [6, 6.07) is 14.7. The zero-order valence-corrected chi connectivity index (χ0v) is 16.6. The summed E-state index contributed by atoms with van der Waals surface area (Å²) in [6.45, 7) is 3.13. The maximum atomic E-state index is 12.5. The lowest BCUT2D eigenvalue weighted by molar-refractivity contribution is -0.122. The van der Waals surface area contributed by atoms with Crippen molar-refractivity contribution >= 4 is 5.91 Å². The van der Waals surface area contributed by atoms with Crippen molar-refractivity contribution in [3.63, 3.8) is 0 Å². The molecule has 0 spiro atoms. The number of benzene rings is 2. The molecular formula is C23H30N2O2. The highest BCUT2D eigenvalue weighted by molar-refractivity contribution is 5.78. The van der Waals surface area contributed by atoms with Crippen LogP contribution in [0.3, 0.4) is 0 Å². The number of hydrogen-bond acceptors (Lipinski definition) is 3. The highest BCUT2D eigenvalue weighted by Gasteiger charge is 2.15. The van der Waals surface area contributed by atoms with E-state index in [0.29, 0.717) is 13.1 Å². The number of hydrogen-bond donors (Lipinski definition) is 1. The molecule has 0 radical (unpaired) electrons. The van der Waals surface area contributed by atoms with Gasteiger partial charge in [-0.1, -0.05) is 30.3 Å². The smallest absolute Gasteiger partial charge is 0.234 e. The number of ether oxygens (including phenoxy) is 1. The highest BCUT2D eigenvalue weighted by atomic mass is 16.5. The van der Waals surface area contributed by atoms with Crippen LogP contribution in [0.2, 0.25) is 0 Å². The van der Waals surface area contributed by atoms with Crippen molar-refractivity contribution in [2.45, 2.75) is 45.2 Å². The van der Waals surface area contributed by atoms with Crippen LogP contribution in [-0.2, 0) is 24.2 Å². The van der Waals surface area contributed by atoms with Crippen molar-refractivity contribution in [1.29, 1.82) is 0 Å². The van der Waals surface area contributed by atoms with Gasteiger partial charge in [-0.05, 0) is 74.0 Å². The van der Waals surface area contributed by atoms with Gasteiger partial charge in [0.25, 0.3) is 0 Å². The van der Waals surface area contributed by atoms with E-state index in [1.165, 1.54) is 36.0 Å². The van der Waals surface area contributed by atoms with Gasteiger partial charge in [0.2, 0.25) is 5.91 Å². The molecule has 1 aliphatic rings. The van der Waals surface area contributed by atoms with E-state index in [9.17, 15) is 4.79 Å². The van der Waals surface area contributed by atoms with Crippen molar-refractivity contribution in [2.75, 3.05) is 20.7 Å². The average molecular weight is 367 g/mol. The number of carbonyl (C=O) groups is 1. The van der Waals surface area contributed by atoms with Gasteiger partial charge in [-0.15, -0.1) is 0 Å². The zero-order valence-electron chi connectivity index (χ0n) is 16.6. The summed E-state index contributed by atoms with van der Waals surface area (Å²) in [4.78, 5) is 14.5. The number of nitrogens with one attached hydrogen (secondary N) is 1. The van der Waals surface area contributed by atoms with Crippen LogP contribution in [0.1, 0.15) is 48.1 Å². The van der Waals surface area contributed by atoms with Crippen LogP contribution in [0.15, 0.2) is 42.5 Å². The summed E-state index contributed by atoms with van der Waals surface area (Å²) in [6.07, 6.45) is 4.91. The SMILES string of the molecule is COc1cccc(CN(C)CC(=O)N[C@@H](C)c2ccc3c(c2)CCCC3)c1. The number of amides is 1. The number of carbonyl (C=O) groups excluding carboxylic acids is 1. The van der Waals surface area contributed by atoms with Gasteiger partial charge in [0.05, 0.1) is 19.7 Å². The molecule has 0 bridgehead atoms. The molecule has 27 heavy (non-hydrogen) atoms. The van der Waals surface area contributed by atoms with Gasteiger partial charge in [0.1, 0.15) is 5.75 Å². The molecule has 1 N–H and O–H groups in total. The van der Waals surface area contributed by atoms with Crippen molar-refractivity contribution < 1.29 is 9.53 Å². The Kier molecular flexibility index (Phi) is 6.51. The fraction of sp³-hybridized carbons (Fsp3) is 0.435. The van der Waals surface area contributed by atoms with E-state index in [1.54, 1.807) is 7.11 Å². The van der Waals surface area contributed by atoms with Crippen LogP contribution in [0.4, 0.5) is 0 Å². The van der Waals surface area contributed by atoms with Crippen LogP contribution in [0, 0.1) is 0 Å². The fourth-order valence-corrected chi connectivity index (χ4v) is 3.78. The summed E-state index contributed by atoms with van der Waals surface area (Å²) in [5.74, 6) is 0.886. The number of fused-ring (bicyclic) bond motifs is 1. The molecule has 0 saturated heterocycles. The molecular weight excluding hydrogens is 336 g/mol. The fourth-order valence-electron chi connectivity index (χ4n) is 3.78. The molecule has 0 fully saturated rings. The quantitative estimate of drug-likeness (QED) is 0.808. The lowest BCUT2D eigenvalue weighted by Gasteiger charge is -2.21. The molecule has 1 amide bonds. The van der Waals surface area contributed by atoms with Crippen molar-refractivity contribution in [2.24, 2.45) is 0 Å². The maximum Gasteiger partial charge on any atom is 0.234 e. The average Bonchev–Trinajstić information content (AvgIpc) is 2.67. The molecule has 1 aliphatic carbocycles. The molecule has 4 nitrogen and oxygen atoms in total. The molecule has 0 aromatic heterocycles. The maximum absolute atomic E-state index is 12.5. The van der Waals surface area contributed by atoms with Crippen LogP contribution in [-0.4, -0.2) is 31.5 Å². The number of methoxy groups -OCH3 is 1. The molecule has 4 heteroatoms. The van der Waals surface area contributed by atoms with Crippen molar-refractivity contribution in [1.82, 2.24) is 10.2 Å². The first-order valence-electron chi connectivity index (χ1n) is 9.77. The highest BCUT2D eigenvalue weighted by Crippen LogP contribution is 2.24. The first-order chi connectivity index (χ1) is 13.0. The van der Waals surface area contributed by atoms with E-state index >= 15 is 0 Å². The van der Waals surface area contributed by atoms with E-state index in [2.05, 4.69) is 30.4 Å². The van der Waals surface area contributed by atoms with Gasteiger partial charge >= 0.3 is 0 Å². The topological polar surface area (TPSA) is 41.6 Å². The van der Waals surface area contributed by atoms with E-state index in [-0.39, 0.29) is 11.9 Å². The normalized spacial score (nSPS) is 14.5. The van der Waals surface area contributed by atoms with Crippen molar-refractivity contribution in [3.8, 4) is 5.75 Å². The van der Waals surface area contributed by atoms with E-state index < -0.39 is 0 Å². The largest absolute Gasteiger partial charge is 0.497 e. The first kappa shape index (κ1) is 19.4. The van der Waals surface area contributed by atoms with Crippen LogP contribution in [0.5, 0.6) is 5.75 Å². The summed E-state index contributed by atoms with van der Waals surface area (Å²) >= 11 is 0. The van der Waals surface area contributed by atoms with Gasteiger partial charge in [-0.2, -0.15) is 0 Å². The summed E-state index contributed by atoms with van der Waals surface area (Å²) < 4.78 is 5.26. The Morgan fingerprint density at radius 3 is 2.70 bits per heavy atom. The third-order valence-electron chi connectivity index (χ3n) is 5.25. The zero-order chi connectivity index (χ0) is 19.2. The minimum Gasteiger partial charge on any atom is -0.497 e. The lowest BCUT2D eigenvalue weighted by atomic mass is 9.89. The predicted octanol–water partition coefficient (Wildman–Crippen LogP) is 3.88. The van der Waals surface area contributed by atoms with E-state index in [1.807, 2.05) is 36.2 Å². The summed E-state index contributed by atoms with van der Waals surface area (Å²) in [7, 11) is 3.63. The molecule has 0 aliphatic heterocycles. The Hall–Kier alpha value is -2.33. The molecule has 144 valence electrons. The third-order valence-corrected chi connectivity index (χ3v) is 5.25. The molecule has 2 aromatic rings. The summed E-state index contributed by atoms with van der Waals surface area (Å²) in [5, 5.41) is 3.14. The molecule has 2 aromatic carbocycles. The minimum atomic E-state index is 0.0231. The predicted molar refractivity (Wildman–Crippen MR) is 109 cm³/mol. The number of nitrogens with zero attached hydrogens (tertiary/aromatic N) is 1. The second-order valence-electron chi connectivity index (χ2n) is 7.55. The van der Waals surface area contributed by atoms with Crippen molar-refractivity contribution in [3.05, 3.63) is 64.7 Å². The van der Waals surface area contributed by atoms with Gasteiger partial charge in [0.15, 0.2) is 0 Å². The third kappa shape index (κ3) is 5.33. The minimum absolute atomic E-state index is 0.0231. The molecule has 0 saturated carbocycles. The van der Waals surface area contributed by atoms with Crippen LogP contribution >= 0.6 is 0 Å². The molecule has 0 unspecified atom stereocenters. The Balaban J connectivity index is 1.53. The Morgan fingerprint density at radius 2 is 1.93 bits per heavy atom. The number of rotatable bonds is 7. The Bertz CT molecular complexity index is 788. The Morgan fingerprint density at radius 1 is 1.15 bits per heavy atom. The second-order valence-corrected chi connectivity index (χ2v) is 7.55. The van der Waals surface area contributed by atoms with Crippen LogP contribution < -0.4 is 10.1 Å². The van der Waals surface area contributed by atoms with E-state index in [4.69, 9.17) is 4.74 Å². The van der Waals surface area contributed by atoms with Gasteiger partial charge in [-0.3, -0.25) is 9.69 Å². The summed E-state index contributed by atoms with van der Waals surface area (Å²) in [5.41, 5.74) is 5.25. The second kappa shape index (κ2) is 9.05. The monoisotopic (exact) mass is 366 g/mol. The molecule has 3 rings (SSSR count). The number of likely N-dealkylation sites (N-methyl/N-ethyl adjacent to an activating group) is 1. The van der Waals surface area contributed by atoms with Gasteiger partial charge in [0, 0.05) is 6.54 Å². The van der Waals surface area contributed by atoms with E-state index in [0.717, 1.165) is 17.7 Å². The van der Waals surface area contributed by atoms with Crippen LogP contribution in [0.25, 0.3) is 0 Å². The van der Waals surface area contributed by atoms with Gasteiger partial charge in [-0.25, -0.2) is 0 Å². The molecule has 0 heterocycles. The first-order valence-corrected chi connectivity index (χ1v) is 9.77. The Labute approximate surface area is 162 Å². The molecule has 1 atom stereocenters. The van der Waals surface area contributed by atoms with Gasteiger partial charge < -0.3 is 10.1 Å². The number of aryl methyl sites for hydroxylation is 2. The lowest BCUT2D eigenvalue weighted by Crippen LogP contribution is -2.36. The standard InChI is InChI=1S/C23H30N2O2/c1-17(20-12-11-19-8-4-5-9-21(19)14-20)24-23(26)16-25(2)15-18-7-6-10-22(13-18)27-3/h6-7,10-14,17H,4-5,8-9,15-16H2,1-3H3,(H,24,26)/t17-/m0/s1.